The molecule has 2 bridgehead atoms. The zero-order chi connectivity index (χ0) is 12.0. The largest absolute Gasteiger partial charge is 0.394 e. The highest BCUT2D eigenvalue weighted by molar-refractivity contribution is 5.15. The molecule has 3 heteroatoms. The monoisotopic (exact) mass is 228 g/mol. The van der Waals surface area contributed by atoms with Crippen molar-refractivity contribution in [3.63, 3.8) is 0 Å². The molecule has 3 aliphatic carbocycles. The van der Waals surface area contributed by atoms with Crippen molar-refractivity contribution in [1.29, 1.82) is 0 Å². The topological polar surface area (TPSA) is 49.7 Å². The lowest BCUT2D eigenvalue weighted by molar-refractivity contribution is -0.285. The summed E-state index contributed by atoms with van der Waals surface area (Å²) in [6, 6.07) is 0. The molecule has 0 radical (unpaired) electrons. The first kappa shape index (κ1) is 12.3. The van der Waals surface area contributed by atoms with Crippen LogP contribution in [0.4, 0.5) is 0 Å². The Morgan fingerprint density at radius 3 is 2.56 bits per heavy atom. The van der Waals surface area contributed by atoms with Crippen LogP contribution in [0.5, 0.6) is 0 Å². The van der Waals surface area contributed by atoms with Crippen molar-refractivity contribution in [3.05, 3.63) is 0 Å². The van der Waals surface area contributed by atoms with E-state index in [1.54, 1.807) is 0 Å². The molecule has 3 nitrogen and oxygen atoms in total. The third kappa shape index (κ3) is 1.52. The fourth-order valence-electron chi connectivity index (χ4n) is 3.77. The van der Waals surface area contributed by atoms with Gasteiger partial charge in [-0.15, -0.1) is 0 Å². The molecule has 94 valence electrons. The average Bonchev–Trinajstić information content (AvgIpc) is 2.26. The van der Waals surface area contributed by atoms with Gasteiger partial charge in [0.05, 0.1) is 18.8 Å². The van der Waals surface area contributed by atoms with E-state index in [9.17, 15) is 5.11 Å². The van der Waals surface area contributed by atoms with Crippen molar-refractivity contribution in [2.45, 2.75) is 51.7 Å². The lowest BCUT2D eigenvalue weighted by Crippen LogP contribution is -2.68. The van der Waals surface area contributed by atoms with Crippen LogP contribution < -0.4 is 0 Å². The first-order valence-electron chi connectivity index (χ1n) is 6.37. The van der Waals surface area contributed by atoms with Crippen LogP contribution in [0.1, 0.15) is 40.0 Å². The number of hydrogen-bond donors (Lipinski definition) is 2. The minimum absolute atomic E-state index is 0.0634. The van der Waals surface area contributed by atoms with Gasteiger partial charge in [0.25, 0.3) is 0 Å². The Labute approximate surface area is 97.8 Å². The predicted octanol–water partition coefficient (Wildman–Crippen LogP) is 1.57. The van der Waals surface area contributed by atoms with Gasteiger partial charge in [-0.25, -0.2) is 0 Å². The van der Waals surface area contributed by atoms with E-state index >= 15 is 0 Å². The third-order valence-electron chi connectivity index (χ3n) is 5.15. The first-order chi connectivity index (χ1) is 7.44. The Kier molecular flexibility index (Phi) is 3.06. The molecule has 4 atom stereocenters. The molecule has 0 heterocycles. The van der Waals surface area contributed by atoms with Crippen LogP contribution in [-0.2, 0) is 4.74 Å². The third-order valence-corrected chi connectivity index (χ3v) is 5.15. The van der Waals surface area contributed by atoms with E-state index in [0.717, 1.165) is 12.3 Å². The van der Waals surface area contributed by atoms with Gasteiger partial charge in [-0.3, -0.25) is 0 Å². The highest BCUT2D eigenvalue weighted by Crippen LogP contribution is 2.65. The van der Waals surface area contributed by atoms with Crippen LogP contribution in [0.2, 0.25) is 0 Å². The highest BCUT2D eigenvalue weighted by Gasteiger charge is 2.65. The van der Waals surface area contributed by atoms with Crippen molar-refractivity contribution in [3.8, 4) is 0 Å². The highest BCUT2D eigenvalue weighted by atomic mass is 16.5. The molecule has 3 aliphatic rings. The molecule has 3 rings (SSSR count). The van der Waals surface area contributed by atoms with Gasteiger partial charge in [0.15, 0.2) is 0 Å². The fraction of sp³-hybridized carbons (Fsp3) is 1.00. The van der Waals surface area contributed by atoms with Gasteiger partial charge in [-0.2, -0.15) is 0 Å². The lowest BCUT2D eigenvalue weighted by atomic mass is 9.42. The molecule has 3 fully saturated rings. The lowest BCUT2D eigenvalue weighted by Gasteiger charge is -2.67. The van der Waals surface area contributed by atoms with Gasteiger partial charge in [-0.1, -0.05) is 20.8 Å². The van der Waals surface area contributed by atoms with Gasteiger partial charge in [0.1, 0.15) is 6.10 Å². The van der Waals surface area contributed by atoms with Crippen LogP contribution in [0.25, 0.3) is 0 Å². The molecule has 0 saturated heterocycles. The second-order valence-corrected chi connectivity index (χ2v) is 6.14. The summed E-state index contributed by atoms with van der Waals surface area (Å²) < 4.78 is 6.01. The Bertz CT molecular complexity index is 264. The quantitative estimate of drug-likeness (QED) is 0.768. The molecule has 2 N–H and O–H groups in total. The van der Waals surface area contributed by atoms with Crippen molar-refractivity contribution in [2.24, 2.45) is 17.3 Å². The number of rotatable bonds is 4. The molecule has 0 aromatic heterocycles. The van der Waals surface area contributed by atoms with Gasteiger partial charge >= 0.3 is 0 Å². The summed E-state index contributed by atoms with van der Waals surface area (Å²) in [6.45, 7) is 6.86. The number of aliphatic hydroxyl groups is 2. The van der Waals surface area contributed by atoms with E-state index in [4.69, 9.17) is 9.84 Å². The van der Waals surface area contributed by atoms with E-state index in [-0.39, 0.29) is 24.2 Å². The van der Waals surface area contributed by atoms with Crippen LogP contribution in [0.3, 0.4) is 0 Å². The molecule has 0 amide bonds. The number of ether oxygens (including phenoxy) is 1. The zero-order valence-corrected chi connectivity index (χ0v) is 10.6. The molecule has 16 heavy (non-hydrogen) atoms. The first-order valence-corrected chi connectivity index (χ1v) is 6.37. The number of fused-ring (bicyclic) bond motifs is 2. The second kappa shape index (κ2) is 3.97. The summed E-state index contributed by atoms with van der Waals surface area (Å²) >= 11 is 0. The minimum Gasteiger partial charge on any atom is -0.394 e. The molecule has 0 aromatic carbocycles. The summed E-state index contributed by atoms with van der Waals surface area (Å²) in [7, 11) is 0. The van der Waals surface area contributed by atoms with Crippen molar-refractivity contribution in [1.82, 2.24) is 0 Å². The summed E-state index contributed by atoms with van der Waals surface area (Å²) in [4.78, 5) is 0. The molecule has 3 saturated carbocycles. The molecule has 0 aromatic rings. The maximum Gasteiger partial charge on any atom is 0.100 e. The van der Waals surface area contributed by atoms with Gasteiger partial charge in [-0.05, 0) is 36.5 Å². The van der Waals surface area contributed by atoms with Crippen LogP contribution in [-0.4, -0.2) is 35.1 Å². The van der Waals surface area contributed by atoms with E-state index in [2.05, 4.69) is 20.8 Å². The zero-order valence-electron chi connectivity index (χ0n) is 10.6. The van der Waals surface area contributed by atoms with E-state index in [1.165, 1.54) is 12.8 Å². The van der Waals surface area contributed by atoms with E-state index in [1.807, 2.05) is 0 Å². The Morgan fingerprint density at radius 2 is 2.06 bits per heavy atom. The van der Waals surface area contributed by atoms with Crippen LogP contribution in [0.15, 0.2) is 0 Å². The summed E-state index contributed by atoms with van der Waals surface area (Å²) in [5.74, 6) is 1.33. The van der Waals surface area contributed by atoms with Crippen molar-refractivity contribution < 1.29 is 14.9 Å². The smallest absolute Gasteiger partial charge is 0.100 e. The molecular formula is C13H24O3. The maximum absolute atomic E-state index is 9.40. The van der Waals surface area contributed by atoms with Gasteiger partial charge < -0.3 is 14.9 Å². The Morgan fingerprint density at radius 1 is 1.38 bits per heavy atom. The Hall–Kier alpha value is -0.120. The van der Waals surface area contributed by atoms with E-state index in [0.29, 0.717) is 5.92 Å². The second-order valence-electron chi connectivity index (χ2n) is 6.14. The average molecular weight is 228 g/mol. The SMILES string of the molecule is CC1CCC2CC1(OCC(O)CO)C2(C)C. The van der Waals surface area contributed by atoms with Crippen molar-refractivity contribution >= 4 is 0 Å². The maximum atomic E-state index is 9.40. The van der Waals surface area contributed by atoms with Gasteiger partial charge in [0.2, 0.25) is 0 Å². The standard InChI is InChI=1S/C13H24O3/c1-9-4-5-10-6-13(9,12(10,2)3)16-8-11(15)7-14/h9-11,14-15H,4-8H2,1-3H3. The van der Waals surface area contributed by atoms with Gasteiger partial charge in [0, 0.05) is 0 Å². The van der Waals surface area contributed by atoms with Crippen molar-refractivity contribution in [2.75, 3.05) is 13.2 Å². The fourth-order valence-corrected chi connectivity index (χ4v) is 3.77. The summed E-state index contributed by atoms with van der Waals surface area (Å²) in [5, 5.41) is 18.2. The van der Waals surface area contributed by atoms with Crippen LogP contribution in [0, 0.1) is 17.3 Å². The van der Waals surface area contributed by atoms with Crippen LogP contribution >= 0.6 is 0 Å². The normalized spacial score (nSPS) is 42.6. The summed E-state index contributed by atoms with van der Waals surface area (Å²) in [6.07, 6.45) is 2.92. The minimum atomic E-state index is -0.738. The predicted molar refractivity (Wildman–Crippen MR) is 62.1 cm³/mol. The van der Waals surface area contributed by atoms with E-state index < -0.39 is 6.10 Å². The molecule has 0 aliphatic heterocycles. The Balaban J connectivity index is 2.04. The number of hydrogen-bond acceptors (Lipinski definition) is 3. The molecular weight excluding hydrogens is 204 g/mol. The molecule has 0 spiro atoms. The number of aliphatic hydroxyl groups excluding tert-OH is 2. The molecule has 4 unspecified atom stereocenters. The summed E-state index contributed by atoms with van der Waals surface area (Å²) in [5.41, 5.74) is 0.159.